The highest BCUT2D eigenvalue weighted by molar-refractivity contribution is 5.76. The van der Waals surface area contributed by atoms with E-state index in [-0.39, 0.29) is 80.1 Å². The van der Waals surface area contributed by atoms with Crippen LogP contribution in [0.3, 0.4) is 0 Å². The van der Waals surface area contributed by atoms with E-state index in [2.05, 4.69) is 9.47 Å². The van der Waals surface area contributed by atoms with Gasteiger partial charge in [-0.05, 0) is 6.92 Å². The van der Waals surface area contributed by atoms with Crippen molar-refractivity contribution in [3.05, 3.63) is 0 Å². The highest BCUT2D eigenvalue weighted by Crippen LogP contribution is 1.84. The third-order valence-corrected chi connectivity index (χ3v) is 2.37. The minimum absolute atomic E-state index is 0. The second-order valence-electron chi connectivity index (χ2n) is 5.36. The van der Waals surface area contributed by atoms with Gasteiger partial charge in [0, 0.05) is 7.11 Å². The highest BCUT2D eigenvalue weighted by atomic mass is 16.6. The fourth-order valence-corrected chi connectivity index (χ4v) is 1.21. The maximum absolute atomic E-state index is 11.0. The molecule has 0 aliphatic carbocycles. The van der Waals surface area contributed by atoms with Gasteiger partial charge in [0.2, 0.25) is 0 Å². The molecule has 0 saturated carbocycles. The zero-order chi connectivity index (χ0) is 25.0. The minimum Gasteiger partial charge on any atom is -0.480 e. The number of carbonyl (C=O) groups is 4. The normalized spacial score (nSPS) is 9.06. The number of ketones is 1. The SMILES string of the molecule is C.C.COCCOC(=O)COCCOCC(C)=O.O=C(O)COCCOCC(=O)O.OCCO. The predicted molar refractivity (Wildman–Crippen MR) is 120 cm³/mol. The van der Waals surface area contributed by atoms with Gasteiger partial charge in [-0.15, -0.1) is 0 Å². The van der Waals surface area contributed by atoms with Crippen molar-refractivity contribution in [2.75, 3.05) is 86.4 Å². The Bertz CT molecular complexity index is 450. The summed E-state index contributed by atoms with van der Waals surface area (Å²) in [5.41, 5.74) is 0. The molecule has 0 aromatic rings. The zero-order valence-electron chi connectivity index (χ0n) is 18.4. The Kier molecular flexibility index (Phi) is 43.7. The molecule has 0 unspecified atom stereocenters. The molecule has 0 rings (SSSR count). The molecular weight excluding hydrogens is 464 g/mol. The van der Waals surface area contributed by atoms with Crippen molar-refractivity contribution in [3.63, 3.8) is 0 Å². The Morgan fingerprint density at radius 2 is 1.00 bits per heavy atom. The van der Waals surface area contributed by atoms with E-state index in [0.29, 0.717) is 6.61 Å². The van der Waals surface area contributed by atoms with Crippen molar-refractivity contribution in [2.45, 2.75) is 21.8 Å². The Labute approximate surface area is 200 Å². The van der Waals surface area contributed by atoms with Gasteiger partial charge in [-0.25, -0.2) is 14.4 Å². The summed E-state index contributed by atoms with van der Waals surface area (Å²) < 4.78 is 28.4. The molecule has 0 amide bonds. The Balaban J connectivity index is -0.000000139. The summed E-state index contributed by atoms with van der Waals surface area (Å²) in [6.07, 6.45) is 0. The molecule has 0 bridgehead atoms. The summed E-state index contributed by atoms with van der Waals surface area (Å²) in [7, 11) is 1.52. The number of aliphatic hydroxyl groups is 2. The first-order valence-electron chi connectivity index (χ1n) is 9.31. The van der Waals surface area contributed by atoms with E-state index in [1.54, 1.807) is 0 Å². The lowest BCUT2D eigenvalue weighted by atomic mass is 10.5. The highest BCUT2D eigenvalue weighted by Gasteiger charge is 2.02. The number of carboxylic acids is 2. The number of carbonyl (C=O) groups excluding carboxylic acids is 2. The number of aliphatic carboxylic acids is 2. The molecule has 0 heterocycles. The molecule has 0 spiro atoms. The monoisotopic (exact) mass is 506 g/mol. The van der Waals surface area contributed by atoms with E-state index in [1.807, 2.05) is 0 Å². The average Bonchev–Trinajstić information content (AvgIpc) is 2.73. The topological polar surface area (TPSA) is 205 Å². The van der Waals surface area contributed by atoms with Crippen LogP contribution in [0.4, 0.5) is 0 Å². The average molecular weight is 507 g/mol. The first kappa shape index (κ1) is 42.0. The predicted octanol–water partition coefficient (Wildman–Crippen LogP) is -0.770. The molecule has 0 aliphatic rings. The number of rotatable bonds is 18. The molecule has 34 heavy (non-hydrogen) atoms. The molecule has 0 aromatic heterocycles. The van der Waals surface area contributed by atoms with Crippen LogP contribution >= 0.6 is 0 Å². The third kappa shape index (κ3) is 52.0. The molecular formula is C20H42O14. The smallest absolute Gasteiger partial charge is 0.332 e. The van der Waals surface area contributed by atoms with Crippen LogP contribution in [0.15, 0.2) is 0 Å². The Morgan fingerprint density at radius 3 is 1.32 bits per heavy atom. The van der Waals surface area contributed by atoms with Crippen molar-refractivity contribution in [2.24, 2.45) is 0 Å². The fraction of sp³-hybridized carbons (Fsp3) is 0.800. The molecule has 0 atom stereocenters. The van der Waals surface area contributed by atoms with E-state index in [4.69, 9.17) is 39.4 Å². The largest absolute Gasteiger partial charge is 0.480 e. The van der Waals surface area contributed by atoms with Gasteiger partial charge in [0.25, 0.3) is 0 Å². The van der Waals surface area contributed by atoms with Crippen molar-refractivity contribution >= 4 is 23.7 Å². The molecule has 0 fully saturated rings. The maximum atomic E-state index is 11.0. The van der Waals surface area contributed by atoms with Gasteiger partial charge in [-0.1, -0.05) is 14.9 Å². The Morgan fingerprint density at radius 1 is 0.618 bits per heavy atom. The van der Waals surface area contributed by atoms with Crippen LogP contribution in [-0.4, -0.2) is 131 Å². The summed E-state index contributed by atoms with van der Waals surface area (Å²) in [5.74, 6) is -2.61. The lowest BCUT2D eigenvalue weighted by molar-refractivity contribution is -0.151. The number of methoxy groups -OCH3 is 1. The van der Waals surface area contributed by atoms with Gasteiger partial charge in [0.15, 0.2) is 5.78 Å². The number of carboxylic acid groups (broad SMARTS) is 2. The van der Waals surface area contributed by atoms with Gasteiger partial charge in [0.1, 0.15) is 33.0 Å². The van der Waals surface area contributed by atoms with E-state index >= 15 is 0 Å². The van der Waals surface area contributed by atoms with Gasteiger partial charge in [0.05, 0.1) is 46.2 Å². The first-order valence-corrected chi connectivity index (χ1v) is 9.31. The van der Waals surface area contributed by atoms with Crippen LogP contribution in [0.5, 0.6) is 0 Å². The van der Waals surface area contributed by atoms with Crippen LogP contribution < -0.4 is 0 Å². The molecule has 14 heteroatoms. The van der Waals surface area contributed by atoms with E-state index in [0.717, 1.165) is 0 Å². The van der Waals surface area contributed by atoms with Crippen LogP contribution in [-0.2, 0) is 47.6 Å². The second kappa shape index (κ2) is 35.4. The standard InChI is InChI=1S/C10H18O6.C6H10O6.C2H6O2.2CH4/c1-9(11)7-14-4-5-15-8-10(12)16-6-3-13-2;7-5(8)3-11-1-2-12-4-6(9)10;3-1-2-4;;/h3-8H2,1-2H3;1-4H2,(H,7,8)(H,9,10);3-4H,1-2H2;2*1H4. The molecule has 0 aromatic carbocycles. The zero-order valence-corrected chi connectivity index (χ0v) is 18.4. The van der Waals surface area contributed by atoms with Crippen molar-refractivity contribution in [1.82, 2.24) is 0 Å². The minimum atomic E-state index is -1.06. The van der Waals surface area contributed by atoms with Gasteiger partial charge in [-0.2, -0.15) is 0 Å². The number of hydrogen-bond acceptors (Lipinski definition) is 12. The number of aliphatic hydroxyl groups excluding tert-OH is 2. The summed E-state index contributed by atoms with van der Waals surface area (Å²) in [6.45, 7) is 1.65. The van der Waals surface area contributed by atoms with Gasteiger partial charge >= 0.3 is 17.9 Å². The summed E-state index contributed by atoms with van der Waals surface area (Å²) in [6, 6.07) is 0. The molecule has 14 nitrogen and oxygen atoms in total. The number of hydrogen-bond donors (Lipinski definition) is 4. The van der Waals surface area contributed by atoms with Crippen LogP contribution in [0.2, 0.25) is 0 Å². The second-order valence-corrected chi connectivity index (χ2v) is 5.36. The van der Waals surface area contributed by atoms with Crippen LogP contribution in [0.1, 0.15) is 21.8 Å². The molecule has 0 saturated heterocycles. The van der Waals surface area contributed by atoms with E-state index < -0.39 is 31.1 Å². The van der Waals surface area contributed by atoms with Crippen LogP contribution in [0, 0.1) is 0 Å². The molecule has 4 N–H and O–H groups in total. The summed E-state index contributed by atoms with van der Waals surface area (Å²) >= 11 is 0. The summed E-state index contributed by atoms with van der Waals surface area (Å²) in [4.78, 5) is 41.2. The molecule has 206 valence electrons. The Hall–Kier alpha value is -2.20. The number of esters is 1. The lowest BCUT2D eigenvalue weighted by Crippen LogP contribution is -2.17. The third-order valence-electron chi connectivity index (χ3n) is 2.37. The number of ether oxygens (including phenoxy) is 6. The van der Waals surface area contributed by atoms with Gasteiger partial charge in [-0.3, -0.25) is 4.79 Å². The van der Waals surface area contributed by atoms with Crippen LogP contribution in [0.25, 0.3) is 0 Å². The van der Waals surface area contributed by atoms with Crippen molar-refractivity contribution < 1.29 is 68.0 Å². The summed E-state index contributed by atoms with van der Waals surface area (Å²) in [5, 5.41) is 31.4. The fourth-order valence-electron chi connectivity index (χ4n) is 1.21. The quantitative estimate of drug-likeness (QED) is 0.133. The molecule has 0 aliphatic heterocycles. The lowest BCUT2D eigenvalue weighted by Gasteiger charge is -2.05. The van der Waals surface area contributed by atoms with E-state index in [9.17, 15) is 19.2 Å². The van der Waals surface area contributed by atoms with Gasteiger partial charge < -0.3 is 48.8 Å². The number of Topliss-reactive ketones (excluding diaryl/α,β-unsaturated/α-hetero) is 1. The first-order chi connectivity index (χ1) is 15.2. The van der Waals surface area contributed by atoms with Crippen molar-refractivity contribution in [3.8, 4) is 0 Å². The van der Waals surface area contributed by atoms with Crippen molar-refractivity contribution in [1.29, 1.82) is 0 Å². The van der Waals surface area contributed by atoms with E-state index in [1.165, 1.54) is 14.0 Å². The maximum Gasteiger partial charge on any atom is 0.332 e. The molecule has 0 radical (unpaired) electrons.